The highest BCUT2D eigenvalue weighted by Gasteiger charge is 2.44. The van der Waals surface area contributed by atoms with Crippen molar-refractivity contribution in [3.05, 3.63) is 28.3 Å². The van der Waals surface area contributed by atoms with Gasteiger partial charge in [0.15, 0.2) is 0 Å². The summed E-state index contributed by atoms with van der Waals surface area (Å²) in [5, 5.41) is 0.768. The second-order valence-electron chi connectivity index (χ2n) is 4.27. The molecule has 2 nitrogen and oxygen atoms in total. The number of nitrogens with two attached hydrogens (primary N) is 1. The zero-order valence-electron chi connectivity index (χ0n) is 9.14. The number of benzene rings is 1. The summed E-state index contributed by atoms with van der Waals surface area (Å²) in [5.41, 5.74) is 8.39. The third kappa shape index (κ3) is 1.72. The van der Waals surface area contributed by atoms with E-state index in [1.165, 1.54) is 5.56 Å². The Hall–Kier alpha value is -0.730. The van der Waals surface area contributed by atoms with E-state index in [4.69, 9.17) is 22.1 Å². The molecule has 1 aliphatic carbocycles. The minimum Gasteiger partial charge on any atom is -0.497 e. The van der Waals surface area contributed by atoms with E-state index in [1.807, 2.05) is 13.0 Å². The third-order valence-corrected chi connectivity index (χ3v) is 3.76. The maximum Gasteiger partial charge on any atom is 0.120 e. The van der Waals surface area contributed by atoms with Gasteiger partial charge in [0, 0.05) is 17.0 Å². The Morgan fingerprint density at radius 1 is 1.47 bits per heavy atom. The van der Waals surface area contributed by atoms with Crippen molar-refractivity contribution >= 4 is 11.6 Å². The van der Waals surface area contributed by atoms with Gasteiger partial charge in [0.05, 0.1) is 7.11 Å². The first-order valence-corrected chi connectivity index (χ1v) is 5.55. The molecular weight excluding hydrogens is 210 g/mol. The predicted molar refractivity (Wildman–Crippen MR) is 62.7 cm³/mol. The fraction of sp³-hybridized carbons (Fsp3) is 0.500. The van der Waals surface area contributed by atoms with Crippen LogP contribution in [-0.2, 0) is 5.41 Å². The SMILES string of the molecule is COc1cc(Cl)c(C)c(C2(CN)CC2)c1. The Morgan fingerprint density at radius 2 is 2.13 bits per heavy atom. The van der Waals surface area contributed by atoms with Crippen molar-refractivity contribution in [3.8, 4) is 5.75 Å². The van der Waals surface area contributed by atoms with Gasteiger partial charge in [-0.1, -0.05) is 11.6 Å². The Morgan fingerprint density at radius 3 is 2.60 bits per heavy atom. The van der Waals surface area contributed by atoms with Crippen molar-refractivity contribution in [1.29, 1.82) is 0 Å². The lowest BCUT2D eigenvalue weighted by atomic mass is 9.92. The van der Waals surface area contributed by atoms with E-state index in [0.717, 1.165) is 29.2 Å². The molecule has 15 heavy (non-hydrogen) atoms. The molecule has 1 aromatic rings. The van der Waals surface area contributed by atoms with E-state index in [9.17, 15) is 0 Å². The first-order chi connectivity index (χ1) is 7.13. The van der Waals surface area contributed by atoms with Gasteiger partial charge in [-0.3, -0.25) is 0 Å². The minimum absolute atomic E-state index is 0.169. The number of methoxy groups -OCH3 is 1. The molecule has 3 heteroatoms. The van der Waals surface area contributed by atoms with E-state index in [2.05, 4.69) is 6.07 Å². The van der Waals surface area contributed by atoms with Crippen molar-refractivity contribution in [1.82, 2.24) is 0 Å². The summed E-state index contributed by atoms with van der Waals surface area (Å²) in [6.07, 6.45) is 2.32. The van der Waals surface area contributed by atoms with Crippen LogP contribution in [0.4, 0.5) is 0 Å². The molecule has 0 heterocycles. The van der Waals surface area contributed by atoms with Crippen LogP contribution >= 0.6 is 11.6 Å². The lowest BCUT2D eigenvalue weighted by Crippen LogP contribution is -2.21. The van der Waals surface area contributed by atoms with E-state index >= 15 is 0 Å². The summed E-state index contributed by atoms with van der Waals surface area (Å²) in [4.78, 5) is 0. The Kier molecular flexibility index (Phi) is 2.65. The van der Waals surface area contributed by atoms with Crippen molar-refractivity contribution in [2.24, 2.45) is 5.73 Å². The molecule has 1 fully saturated rings. The molecule has 0 aromatic heterocycles. The van der Waals surface area contributed by atoms with E-state index in [1.54, 1.807) is 7.11 Å². The van der Waals surface area contributed by atoms with Crippen LogP contribution in [0.25, 0.3) is 0 Å². The quantitative estimate of drug-likeness (QED) is 0.859. The van der Waals surface area contributed by atoms with Crippen LogP contribution in [0.1, 0.15) is 24.0 Å². The molecule has 1 aromatic carbocycles. The number of halogens is 1. The normalized spacial score (nSPS) is 17.6. The molecule has 1 aliphatic rings. The molecule has 0 amide bonds. The molecule has 0 bridgehead atoms. The average Bonchev–Trinajstić information content (AvgIpc) is 3.02. The molecule has 0 spiro atoms. The van der Waals surface area contributed by atoms with Crippen LogP contribution < -0.4 is 10.5 Å². The summed E-state index contributed by atoms with van der Waals surface area (Å²) in [7, 11) is 1.66. The van der Waals surface area contributed by atoms with Crippen LogP contribution in [0.3, 0.4) is 0 Å². The number of ether oxygens (including phenoxy) is 1. The highest BCUT2D eigenvalue weighted by molar-refractivity contribution is 6.31. The fourth-order valence-electron chi connectivity index (χ4n) is 2.06. The summed E-state index contributed by atoms with van der Waals surface area (Å²) in [6, 6.07) is 3.92. The van der Waals surface area contributed by atoms with Gasteiger partial charge < -0.3 is 10.5 Å². The zero-order valence-corrected chi connectivity index (χ0v) is 9.90. The average molecular weight is 226 g/mol. The lowest BCUT2D eigenvalue weighted by molar-refractivity contribution is 0.413. The van der Waals surface area contributed by atoms with Crippen LogP contribution in [-0.4, -0.2) is 13.7 Å². The first kappa shape index (κ1) is 10.8. The number of hydrogen-bond acceptors (Lipinski definition) is 2. The van der Waals surface area contributed by atoms with Gasteiger partial charge in [-0.2, -0.15) is 0 Å². The summed E-state index contributed by atoms with van der Waals surface area (Å²) in [5.74, 6) is 0.820. The molecule has 0 saturated heterocycles. The second kappa shape index (κ2) is 3.69. The second-order valence-corrected chi connectivity index (χ2v) is 4.67. The highest BCUT2D eigenvalue weighted by Crippen LogP contribution is 2.50. The van der Waals surface area contributed by atoms with Crippen LogP contribution in [0, 0.1) is 6.92 Å². The van der Waals surface area contributed by atoms with Gasteiger partial charge in [-0.05, 0) is 43.0 Å². The lowest BCUT2D eigenvalue weighted by Gasteiger charge is -2.18. The van der Waals surface area contributed by atoms with E-state index in [0.29, 0.717) is 6.54 Å². The summed E-state index contributed by atoms with van der Waals surface area (Å²) < 4.78 is 5.23. The molecule has 0 unspecified atom stereocenters. The summed E-state index contributed by atoms with van der Waals surface area (Å²) in [6.45, 7) is 2.74. The van der Waals surface area contributed by atoms with Crippen LogP contribution in [0.15, 0.2) is 12.1 Å². The number of rotatable bonds is 3. The molecule has 2 rings (SSSR count). The largest absolute Gasteiger partial charge is 0.497 e. The molecule has 82 valence electrons. The smallest absolute Gasteiger partial charge is 0.120 e. The molecule has 0 aliphatic heterocycles. The Bertz CT molecular complexity index is 385. The molecule has 1 saturated carbocycles. The van der Waals surface area contributed by atoms with Crippen molar-refractivity contribution < 1.29 is 4.74 Å². The van der Waals surface area contributed by atoms with Gasteiger partial charge in [-0.25, -0.2) is 0 Å². The van der Waals surface area contributed by atoms with Gasteiger partial charge in [-0.15, -0.1) is 0 Å². The summed E-state index contributed by atoms with van der Waals surface area (Å²) >= 11 is 6.17. The minimum atomic E-state index is 0.169. The first-order valence-electron chi connectivity index (χ1n) is 5.17. The zero-order chi connectivity index (χ0) is 11.1. The standard InChI is InChI=1S/C12H16ClNO/c1-8-10(12(7-14)3-4-12)5-9(15-2)6-11(8)13/h5-6H,3-4,7,14H2,1-2H3. The van der Waals surface area contributed by atoms with Gasteiger partial charge in [0.1, 0.15) is 5.75 Å². The monoisotopic (exact) mass is 225 g/mol. The molecule has 0 atom stereocenters. The molecular formula is C12H16ClNO. The van der Waals surface area contributed by atoms with E-state index < -0.39 is 0 Å². The van der Waals surface area contributed by atoms with Gasteiger partial charge >= 0.3 is 0 Å². The van der Waals surface area contributed by atoms with Crippen molar-refractivity contribution in [2.75, 3.05) is 13.7 Å². The van der Waals surface area contributed by atoms with Crippen molar-refractivity contribution in [2.45, 2.75) is 25.2 Å². The van der Waals surface area contributed by atoms with Crippen LogP contribution in [0.2, 0.25) is 5.02 Å². The topological polar surface area (TPSA) is 35.2 Å². The highest BCUT2D eigenvalue weighted by atomic mass is 35.5. The van der Waals surface area contributed by atoms with Gasteiger partial charge in [0.2, 0.25) is 0 Å². The predicted octanol–water partition coefficient (Wildman–Crippen LogP) is 2.65. The van der Waals surface area contributed by atoms with Crippen molar-refractivity contribution in [3.63, 3.8) is 0 Å². The van der Waals surface area contributed by atoms with E-state index in [-0.39, 0.29) is 5.41 Å². The third-order valence-electron chi connectivity index (χ3n) is 3.37. The molecule has 0 radical (unpaired) electrons. The maximum atomic E-state index is 6.17. The molecule has 2 N–H and O–H groups in total. The fourth-order valence-corrected chi connectivity index (χ4v) is 2.27. The number of hydrogen-bond donors (Lipinski definition) is 1. The Balaban J connectivity index is 2.50. The van der Waals surface area contributed by atoms with Gasteiger partial charge in [0.25, 0.3) is 0 Å². The maximum absolute atomic E-state index is 6.17. The Labute approximate surface area is 95.4 Å². The van der Waals surface area contributed by atoms with Crippen LogP contribution in [0.5, 0.6) is 5.75 Å².